The molecular weight excluding hydrogens is 364 g/mol. The summed E-state index contributed by atoms with van der Waals surface area (Å²) in [5.74, 6) is 0.759. The molecule has 1 saturated heterocycles. The second-order valence-electron chi connectivity index (χ2n) is 7.57. The molecule has 1 unspecified atom stereocenters. The number of H-pyrrole nitrogens is 1. The molecule has 0 saturated carbocycles. The van der Waals surface area contributed by atoms with Crippen molar-refractivity contribution in [2.75, 3.05) is 13.1 Å². The number of nitrogens with one attached hydrogen (secondary N) is 1. The first-order valence-corrected chi connectivity index (χ1v) is 9.94. The van der Waals surface area contributed by atoms with E-state index in [-0.39, 0.29) is 17.4 Å². The Balaban J connectivity index is 1.51. The lowest BCUT2D eigenvalue weighted by molar-refractivity contribution is -0.131. The largest absolute Gasteiger partial charge is 0.342 e. The van der Waals surface area contributed by atoms with Gasteiger partial charge in [-0.15, -0.1) is 0 Å². The van der Waals surface area contributed by atoms with E-state index < -0.39 is 0 Å². The number of carbonyl (C=O) groups excluding carboxylic acids is 1. The lowest BCUT2D eigenvalue weighted by atomic mass is 9.96. The van der Waals surface area contributed by atoms with Gasteiger partial charge in [0.05, 0.1) is 17.8 Å². The van der Waals surface area contributed by atoms with Crippen molar-refractivity contribution in [1.29, 1.82) is 0 Å². The molecule has 4 rings (SSSR count). The van der Waals surface area contributed by atoms with Crippen LogP contribution in [-0.2, 0) is 11.2 Å². The van der Waals surface area contributed by atoms with E-state index in [1.807, 2.05) is 54.3 Å². The van der Waals surface area contributed by atoms with E-state index in [0.717, 1.165) is 24.9 Å². The predicted molar refractivity (Wildman–Crippen MR) is 112 cm³/mol. The van der Waals surface area contributed by atoms with Crippen LogP contribution in [0.2, 0.25) is 0 Å². The fourth-order valence-corrected chi connectivity index (χ4v) is 3.73. The number of hydrogen-bond donors (Lipinski definition) is 1. The van der Waals surface area contributed by atoms with E-state index in [2.05, 4.69) is 15.0 Å². The molecule has 3 aromatic rings. The third-order valence-corrected chi connectivity index (χ3v) is 5.32. The average molecular weight is 388 g/mol. The Kier molecular flexibility index (Phi) is 5.51. The van der Waals surface area contributed by atoms with Crippen LogP contribution >= 0.6 is 0 Å². The summed E-state index contributed by atoms with van der Waals surface area (Å²) in [5.41, 5.74) is 3.24. The van der Waals surface area contributed by atoms with Gasteiger partial charge in [-0.05, 0) is 37.5 Å². The van der Waals surface area contributed by atoms with Crippen LogP contribution in [0.5, 0.6) is 0 Å². The molecule has 1 N–H and O–H groups in total. The molecule has 148 valence electrons. The van der Waals surface area contributed by atoms with Crippen LogP contribution in [0.15, 0.2) is 59.5 Å². The molecule has 6 nitrogen and oxygen atoms in total. The highest BCUT2D eigenvalue weighted by molar-refractivity contribution is 5.79. The van der Waals surface area contributed by atoms with Crippen LogP contribution in [0, 0.1) is 6.92 Å². The number of benzene rings is 1. The highest BCUT2D eigenvalue weighted by Gasteiger charge is 2.26. The Morgan fingerprint density at radius 3 is 2.76 bits per heavy atom. The van der Waals surface area contributed by atoms with E-state index in [1.165, 1.54) is 11.6 Å². The van der Waals surface area contributed by atoms with E-state index in [9.17, 15) is 9.59 Å². The van der Waals surface area contributed by atoms with E-state index in [0.29, 0.717) is 30.2 Å². The molecule has 29 heavy (non-hydrogen) atoms. The normalized spacial score (nSPS) is 16.6. The molecule has 1 aliphatic rings. The number of pyridine rings is 1. The SMILES string of the molecule is Cc1ccc(CC(=O)N2CCCC(c3nc(-c4ccccn4)cc(=O)[nH]3)C2)cc1. The minimum Gasteiger partial charge on any atom is -0.342 e. The Labute approximate surface area is 169 Å². The number of nitrogens with zero attached hydrogens (tertiary/aromatic N) is 3. The number of aromatic amines is 1. The fourth-order valence-electron chi connectivity index (χ4n) is 3.73. The zero-order valence-corrected chi connectivity index (χ0v) is 16.5. The second kappa shape index (κ2) is 8.39. The number of rotatable bonds is 4. The van der Waals surface area contributed by atoms with Crippen LogP contribution in [0.25, 0.3) is 11.4 Å². The van der Waals surface area contributed by atoms with Crippen molar-refractivity contribution in [2.24, 2.45) is 0 Å². The van der Waals surface area contributed by atoms with Gasteiger partial charge in [0.15, 0.2) is 0 Å². The summed E-state index contributed by atoms with van der Waals surface area (Å²) in [6, 6.07) is 15.1. The standard InChI is InChI=1S/C23H24N4O2/c1-16-7-9-17(10-8-16)13-22(29)27-12-4-5-18(15-27)23-25-20(14-21(28)26-23)19-6-2-3-11-24-19/h2-3,6-11,14,18H,4-5,12-13,15H2,1H3,(H,25,26,28). The summed E-state index contributed by atoms with van der Waals surface area (Å²) in [6.07, 6.45) is 3.86. The Hall–Kier alpha value is -3.28. The molecule has 0 aliphatic carbocycles. The van der Waals surface area contributed by atoms with Crippen LogP contribution in [-0.4, -0.2) is 38.8 Å². The van der Waals surface area contributed by atoms with Crippen LogP contribution in [0.1, 0.15) is 35.7 Å². The minimum atomic E-state index is -0.196. The maximum atomic E-state index is 12.8. The summed E-state index contributed by atoms with van der Waals surface area (Å²) in [7, 11) is 0. The summed E-state index contributed by atoms with van der Waals surface area (Å²) >= 11 is 0. The number of hydrogen-bond acceptors (Lipinski definition) is 4. The van der Waals surface area contributed by atoms with Crippen molar-refractivity contribution in [3.8, 4) is 11.4 Å². The van der Waals surface area contributed by atoms with Crippen molar-refractivity contribution >= 4 is 5.91 Å². The maximum Gasteiger partial charge on any atom is 0.251 e. The van der Waals surface area contributed by atoms with Crippen molar-refractivity contribution in [3.63, 3.8) is 0 Å². The van der Waals surface area contributed by atoms with Gasteiger partial charge >= 0.3 is 0 Å². The summed E-state index contributed by atoms with van der Waals surface area (Å²) in [5, 5.41) is 0. The van der Waals surface area contributed by atoms with Gasteiger partial charge in [0.25, 0.3) is 5.56 Å². The molecule has 0 spiro atoms. The zero-order chi connectivity index (χ0) is 20.2. The maximum absolute atomic E-state index is 12.8. The number of amides is 1. The molecule has 0 bridgehead atoms. The molecule has 2 aromatic heterocycles. The monoisotopic (exact) mass is 388 g/mol. The molecule has 3 heterocycles. The molecule has 1 fully saturated rings. The topological polar surface area (TPSA) is 79.0 Å². The second-order valence-corrected chi connectivity index (χ2v) is 7.57. The molecule has 1 amide bonds. The van der Waals surface area contributed by atoms with E-state index >= 15 is 0 Å². The number of aryl methyl sites for hydroxylation is 1. The molecule has 1 aliphatic heterocycles. The first kappa shape index (κ1) is 19.1. The minimum absolute atomic E-state index is 0.0158. The van der Waals surface area contributed by atoms with Gasteiger partial charge in [0, 0.05) is 31.3 Å². The van der Waals surface area contributed by atoms with Gasteiger partial charge in [-0.2, -0.15) is 0 Å². The third-order valence-electron chi connectivity index (χ3n) is 5.32. The zero-order valence-electron chi connectivity index (χ0n) is 16.5. The molecule has 1 aromatic carbocycles. The highest BCUT2D eigenvalue weighted by Crippen LogP contribution is 2.25. The van der Waals surface area contributed by atoms with Gasteiger partial charge in [0.2, 0.25) is 5.91 Å². The van der Waals surface area contributed by atoms with Gasteiger partial charge in [-0.1, -0.05) is 35.9 Å². The number of carbonyl (C=O) groups is 1. The summed E-state index contributed by atoms with van der Waals surface area (Å²) in [4.78, 5) is 38.7. The van der Waals surface area contributed by atoms with Gasteiger partial charge in [-0.25, -0.2) is 4.98 Å². The van der Waals surface area contributed by atoms with Gasteiger partial charge in [-0.3, -0.25) is 14.6 Å². The number of likely N-dealkylation sites (tertiary alicyclic amines) is 1. The van der Waals surface area contributed by atoms with Crippen LogP contribution in [0.3, 0.4) is 0 Å². The predicted octanol–water partition coefficient (Wildman–Crippen LogP) is 3.09. The third kappa shape index (κ3) is 4.59. The van der Waals surface area contributed by atoms with Crippen molar-refractivity contribution < 1.29 is 4.79 Å². The van der Waals surface area contributed by atoms with E-state index in [4.69, 9.17) is 0 Å². The first-order chi connectivity index (χ1) is 14.1. The fraction of sp³-hybridized carbons (Fsp3) is 0.304. The van der Waals surface area contributed by atoms with E-state index in [1.54, 1.807) is 6.20 Å². The number of piperidine rings is 1. The van der Waals surface area contributed by atoms with Crippen LogP contribution < -0.4 is 5.56 Å². The Morgan fingerprint density at radius 2 is 2.00 bits per heavy atom. The van der Waals surface area contributed by atoms with Gasteiger partial charge < -0.3 is 9.88 Å². The Morgan fingerprint density at radius 1 is 1.17 bits per heavy atom. The quantitative estimate of drug-likeness (QED) is 0.745. The number of aromatic nitrogens is 3. The lowest BCUT2D eigenvalue weighted by Crippen LogP contribution is -2.40. The highest BCUT2D eigenvalue weighted by atomic mass is 16.2. The van der Waals surface area contributed by atoms with Crippen molar-refractivity contribution in [1.82, 2.24) is 19.9 Å². The Bertz CT molecular complexity index is 1040. The van der Waals surface area contributed by atoms with Gasteiger partial charge in [0.1, 0.15) is 5.82 Å². The molecule has 0 radical (unpaired) electrons. The summed E-state index contributed by atoms with van der Waals surface area (Å²) < 4.78 is 0. The van der Waals surface area contributed by atoms with Crippen molar-refractivity contribution in [2.45, 2.75) is 32.1 Å². The average Bonchev–Trinajstić information content (AvgIpc) is 2.75. The molecule has 6 heteroatoms. The molecular formula is C23H24N4O2. The first-order valence-electron chi connectivity index (χ1n) is 9.94. The smallest absolute Gasteiger partial charge is 0.251 e. The van der Waals surface area contributed by atoms with Crippen LogP contribution in [0.4, 0.5) is 0 Å². The lowest BCUT2D eigenvalue weighted by Gasteiger charge is -2.32. The summed E-state index contributed by atoms with van der Waals surface area (Å²) in [6.45, 7) is 3.35. The molecule has 1 atom stereocenters. The van der Waals surface area contributed by atoms with Crippen molar-refractivity contribution in [3.05, 3.63) is 82.0 Å².